The molecule has 0 spiro atoms. The summed E-state index contributed by atoms with van der Waals surface area (Å²) in [5, 5.41) is 7.29. The molecule has 0 fully saturated rings. The maximum absolute atomic E-state index is 12.4. The van der Waals surface area contributed by atoms with E-state index in [0.717, 1.165) is 46.1 Å². The van der Waals surface area contributed by atoms with Crippen LogP contribution in [0.5, 0.6) is 5.75 Å². The Morgan fingerprint density at radius 2 is 2.09 bits per heavy atom. The van der Waals surface area contributed by atoms with Crippen LogP contribution in [0, 0.1) is 0 Å². The highest BCUT2D eigenvalue weighted by molar-refractivity contribution is 5.89. The second-order valence-electron chi connectivity index (χ2n) is 7.48. The number of benzene rings is 2. The summed E-state index contributed by atoms with van der Waals surface area (Å²) in [6, 6.07) is 15.2. The van der Waals surface area contributed by atoms with Crippen molar-refractivity contribution in [2.45, 2.75) is 19.8 Å². The lowest BCUT2D eigenvalue weighted by molar-refractivity contribution is 0.0830. The first-order chi connectivity index (χ1) is 15.6. The van der Waals surface area contributed by atoms with Gasteiger partial charge >= 0.3 is 6.09 Å². The Morgan fingerprint density at radius 1 is 1.22 bits per heavy atom. The van der Waals surface area contributed by atoms with Gasteiger partial charge in [0.2, 0.25) is 0 Å². The number of aryl methyl sites for hydroxylation is 1. The Kier molecular flexibility index (Phi) is 5.24. The standard InChI is InChI=1S/C23H23N5O4/c1-27-16(12-18(26-27)17-5-3-4-6-21(17)30-2)13-32-23(29)24-15-7-8-20-19(11-15)25-22-14-31-10-9-28(20)22/h3-8,11-12H,9-10,13-14H2,1-2H3,(H,24,29). The summed E-state index contributed by atoms with van der Waals surface area (Å²) >= 11 is 0. The van der Waals surface area contributed by atoms with Crippen LogP contribution in [0.4, 0.5) is 10.5 Å². The van der Waals surface area contributed by atoms with E-state index in [1.54, 1.807) is 11.8 Å². The third-order valence-corrected chi connectivity index (χ3v) is 5.47. The molecule has 2 aromatic heterocycles. The molecule has 9 nitrogen and oxygen atoms in total. The molecule has 0 bridgehead atoms. The van der Waals surface area contributed by atoms with Crippen molar-refractivity contribution in [1.29, 1.82) is 0 Å². The fourth-order valence-corrected chi connectivity index (χ4v) is 3.86. The molecule has 1 aliphatic heterocycles. The maximum Gasteiger partial charge on any atom is 0.412 e. The lowest BCUT2D eigenvalue weighted by Crippen LogP contribution is -2.16. The van der Waals surface area contributed by atoms with E-state index in [9.17, 15) is 4.79 Å². The van der Waals surface area contributed by atoms with Gasteiger partial charge in [-0.3, -0.25) is 10.00 Å². The minimum atomic E-state index is -0.545. The molecule has 0 unspecified atom stereocenters. The molecule has 5 rings (SSSR count). The van der Waals surface area contributed by atoms with Crippen LogP contribution in [0.25, 0.3) is 22.3 Å². The van der Waals surface area contributed by atoms with Crippen LogP contribution in [0.1, 0.15) is 11.5 Å². The number of amides is 1. The summed E-state index contributed by atoms with van der Waals surface area (Å²) in [7, 11) is 3.44. The quantitative estimate of drug-likeness (QED) is 0.516. The van der Waals surface area contributed by atoms with Crippen LogP contribution in [-0.4, -0.2) is 39.1 Å². The molecule has 0 saturated carbocycles. The lowest BCUT2D eigenvalue weighted by Gasteiger charge is -2.14. The first kappa shape index (κ1) is 20.1. The molecule has 0 saturated heterocycles. The van der Waals surface area contributed by atoms with Gasteiger partial charge in [-0.05, 0) is 36.4 Å². The van der Waals surface area contributed by atoms with Crippen LogP contribution in [0.2, 0.25) is 0 Å². The van der Waals surface area contributed by atoms with E-state index in [1.807, 2.05) is 55.6 Å². The molecule has 32 heavy (non-hydrogen) atoms. The Hall–Kier alpha value is -3.85. The minimum absolute atomic E-state index is 0.0862. The lowest BCUT2D eigenvalue weighted by atomic mass is 10.1. The van der Waals surface area contributed by atoms with Crippen LogP contribution >= 0.6 is 0 Å². The SMILES string of the molecule is COc1ccccc1-c1cc(COC(=O)Nc2ccc3c(c2)nc2n3CCOC2)n(C)n1. The molecule has 2 aromatic carbocycles. The van der Waals surface area contributed by atoms with Crippen molar-refractivity contribution < 1.29 is 19.0 Å². The van der Waals surface area contributed by atoms with Crippen LogP contribution in [0.3, 0.4) is 0 Å². The third-order valence-electron chi connectivity index (χ3n) is 5.47. The number of para-hydroxylation sites is 1. The zero-order valence-electron chi connectivity index (χ0n) is 17.9. The second kappa shape index (κ2) is 8.35. The van der Waals surface area contributed by atoms with Gasteiger partial charge < -0.3 is 18.8 Å². The molecule has 1 amide bonds. The van der Waals surface area contributed by atoms with E-state index >= 15 is 0 Å². The summed E-state index contributed by atoms with van der Waals surface area (Å²) in [6.45, 7) is 2.05. The minimum Gasteiger partial charge on any atom is -0.496 e. The molecule has 0 atom stereocenters. The molecular weight excluding hydrogens is 410 g/mol. The number of nitrogens with zero attached hydrogens (tertiary/aromatic N) is 4. The first-order valence-corrected chi connectivity index (χ1v) is 10.3. The number of imidazole rings is 1. The van der Waals surface area contributed by atoms with Gasteiger partial charge in [-0.25, -0.2) is 9.78 Å². The molecule has 3 heterocycles. The monoisotopic (exact) mass is 433 g/mol. The number of rotatable bonds is 5. The van der Waals surface area contributed by atoms with Crippen LogP contribution in [0.15, 0.2) is 48.5 Å². The second-order valence-corrected chi connectivity index (χ2v) is 7.48. The number of anilines is 1. The van der Waals surface area contributed by atoms with Crippen molar-refractivity contribution in [3.63, 3.8) is 0 Å². The van der Waals surface area contributed by atoms with Crippen LogP contribution < -0.4 is 10.1 Å². The zero-order chi connectivity index (χ0) is 22.1. The number of aromatic nitrogens is 4. The fourth-order valence-electron chi connectivity index (χ4n) is 3.86. The number of carbonyl (C=O) groups is 1. The van der Waals surface area contributed by atoms with Crippen molar-refractivity contribution >= 4 is 22.8 Å². The maximum atomic E-state index is 12.4. The summed E-state index contributed by atoms with van der Waals surface area (Å²) in [6.07, 6.45) is -0.545. The largest absolute Gasteiger partial charge is 0.496 e. The highest BCUT2D eigenvalue weighted by Gasteiger charge is 2.16. The Labute approximate surface area is 184 Å². The van der Waals surface area contributed by atoms with Crippen LogP contribution in [-0.2, 0) is 36.3 Å². The number of hydrogen-bond acceptors (Lipinski definition) is 6. The Bertz CT molecular complexity index is 1290. The average molecular weight is 433 g/mol. The number of nitrogens with one attached hydrogen (secondary N) is 1. The van der Waals surface area contributed by atoms with Gasteiger partial charge in [-0.1, -0.05) is 12.1 Å². The fraction of sp³-hybridized carbons (Fsp3) is 0.261. The predicted octanol–water partition coefficient (Wildman–Crippen LogP) is 3.72. The number of methoxy groups -OCH3 is 1. The predicted molar refractivity (Wildman–Crippen MR) is 118 cm³/mol. The van der Waals surface area contributed by atoms with E-state index in [4.69, 9.17) is 14.2 Å². The van der Waals surface area contributed by atoms with Gasteiger partial charge in [0.15, 0.2) is 0 Å². The highest BCUT2D eigenvalue weighted by atomic mass is 16.5. The van der Waals surface area contributed by atoms with Gasteiger partial charge in [0, 0.05) is 24.8 Å². The third kappa shape index (κ3) is 3.78. The summed E-state index contributed by atoms with van der Waals surface area (Å²) in [5.74, 6) is 1.63. The highest BCUT2D eigenvalue weighted by Crippen LogP contribution is 2.29. The molecule has 0 radical (unpaired) electrons. The van der Waals surface area contributed by atoms with E-state index in [0.29, 0.717) is 18.9 Å². The zero-order valence-corrected chi connectivity index (χ0v) is 17.9. The number of carbonyl (C=O) groups excluding carboxylic acids is 1. The van der Waals surface area contributed by atoms with Crippen molar-refractivity contribution in [1.82, 2.24) is 19.3 Å². The normalized spacial score (nSPS) is 13.1. The van der Waals surface area contributed by atoms with E-state index < -0.39 is 6.09 Å². The number of fused-ring (bicyclic) bond motifs is 3. The topological polar surface area (TPSA) is 92.4 Å². The van der Waals surface area contributed by atoms with Crippen molar-refractivity contribution in [2.24, 2.45) is 7.05 Å². The van der Waals surface area contributed by atoms with E-state index in [1.165, 1.54) is 0 Å². The van der Waals surface area contributed by atoms with E-state index in [2.05, 4.69) is 20.0 Å². The average Bonchev–Trinajstić information content (AvgIpc) is 3.37. The molecule has 4 aromatic rings. The van der Waals surface area contributed by atoms with Crippen molar-refractivity contribution in [2.75, 3.05) is 19.0 Å². The first-order valence-electron chi connectivity index (χ1n) is 10.3. The summed E-state index contributed by atoms with van der Waals surface area (Å²) < 4.78 is 20.1. The summed E-state index contributed by atoms with van der Waals surface area (Å²) in [4.78, 5) is 17.0. The van der Waals surface area contributed by atoms with Gasteiger partial charge in [-0.15, -0.1) is 0 Å². The number of hydrogen-bond donors (Lipinski definition) is 1. The molecule has 1 N–H and O–H groups in total. The molecule has 9 heteroatoms. The van der Waals surface area contributed by atoms with Gasteiger partial charge in [0.05, 0.1) is 36.1 Å². The van der Waals surface area contributed by atoms with E-state index in [-0.39, 0.29) is 6.61 Å². The molecular formula is C23H23N5O4. The van der Waals surface area contributed by atoms with Gasteiger partial charge in [0.25, 0.3) is 0 Å². The van der Waals surface area contributed by atoms with Crippen molar-refractivity contribution in [3.05, 3.63) is 60.0 Å². The summed E-state index contributed by atoms with van der Waals surface area (Å²) in [5.41, 5.74) is 4.86. The molecule has 164 valence electrons. The number of ether oxygens (including phenoxy) is 3. The van der Waals surface area contributed by atoms with Crippen molar-refractivity contribution in [3.8, 4) is 17.0 Å². The Balaban J connectivity index is 1.26. The van der Waals surface area contributed by atoms with Gasteiger partial charge in [0.1, 0.15) is 24.8 Å². The smallest absolute Gasteiger partial charge is 0.412 e. The molecule has 0 aliphatic carbocycles. The Morgan fingerprint density at radius 3 is 2.97 bits per heavy atom. The van der Waals surface area contributed by atoms with Gasteiger partial charge in [-0.2, -0.15) is 5.10 Å². The molecule has 1 aliphatic rings.